The largest absolute Gasteiger partial charge is 0.362 e. The van der Waals surface area contributed by atoms with Crippen molar-refractivity contribution in [3.63, 3.8) is 0 Å². The topological polar surface area (TPSA) is 67.2 Å². The van der Waals surface area contributed by atoms with Gasteiger partial charge in [-0.25, -0.2) is 8.42 Å². The summed E-state index contributed by atoms with van der Waals surface area (Å²) in [6.07, 6.45) is 11.7. The number of hydrogen-bond donors (Lipinski definition) is 1. The maximum Gasteiger partial charge on any atom is 0.267 e. The number of fused-ring (bicyclic) bond motifs is 1. The van der Waals surface area contributed by atoms with Crippen LogP contribution in [-0.4, -0.2) is 29.6 Å². The van der Waals surface area contributed by atoms with E-state index in [2.05, 4.69) is 10.4 Å². The zero-order valence-electron chi connectivity index (χ0n) is 13.3. The first kappa shape index (κ1) is 15.8. The molecule has 2 aliphatic carbocycles. The van der Waals surface area contributed by atoms with Crippen LogP contribution in [0.3, 0.4) is 0 Å². The van der Waals surface area contributed by atoms with Crippen molar-refractivity contribution in [2.24, 2.45) is 11.8 Å². The van der Waals surface area contributed by atoms with Gasteiger partial charge in [0.05, 0.1) is 11.9 Å². The van der Waals surface area contributed by atoms with Crippen molar-refractivity contribution in [3.05, 3.63) is 47.2 Å². The molecule has 4 rings (SSSR count). The molecule has 1 aromatic heterocycles. The van der Waals surface area contributed by atoms with Gasteiger partial charge in [-0.2, -0.15) is 5.10 Å². The Kier molecular flexibility index (Phi) is 3.73. The molecule has 24 heavy (non-hydrogen) atoms. The maximum absolute atomic E-state index is 12.9. The summed E-state index contributed by atoms with van der Waals surface area (Å²) in [7, 11) is -2.09. The Morgan fingerprint density at radius 3 is 3.00 bits per heavy atom. The Balaban J connectivity index is 1.63. The molecule has 0 saturated heterocycles. The average molecular weight is 367 g/mol. The van der Waals surface area contributed by atoms with Gasteiger partial charge in [0.15, 0.2) is 0 Å². The molecule has 2 heterocycles. The highest BCUT2D eigenvalue weighted by Crippen LogP contribution is 2.37. The van der Waals surface area contributed by atoms with Gasteiger partial charge < -0.3 is 5.32 Å². The predicted molar refractivity (Wildman–Crippen MR) is 91.2 cm³/mol. The molecule has 1 N–H and O–H groups in total. The molecule has 1 fully saturated rings. The van der Waals surface area contributed by atoms with Gasteiger partial charge in [-0.1, -0.05) is 17.7 Å². The number of sulfonamides is 1. The maximum atomic E-state index is 12.9. The van der Waals surface area contributed by atoms with Crippen molar-refractivity contribution in [3.8, 4) is 0 Å². The first-order valence-electron chi connectivity index (χ1n) is 8.01. The van der Waals surface area contributed by atoms with Gasteiger partial charge in [0.2, 0.25) is 0 Å². The lowest BCUT2D eigenvalue weighted by atomic mass is 9.97. The fourth-order valence-electron chi connectivity index (χ4n) is 3.08. The lowest BCUT2D eigenvalue weighted by Crippen LogP contribution is -2.30. The van der Waals surface area contributed by atoms with Crippen LogP contribution < -0.4 is 5.32 Å². The van der Waals surface area contributed by atoms with E-state index in [9.17, 15) is 8.42 Å². The molecule has 1 atom stereocenters. The van der Waals surface area contributed by atoms with Gasteiger partial charge in [0.25, 0.3) is 10.0 Å². The predicted octanol–water partition coefficient (Wildman–Crippen LogP) is 2.38. The summed E-state index contributed by atoms with van der Waals surface area (Å²) in [5.74, 6) is 0.656. The summed E-state index contributed by atoms with van der Waals surface area (Å²) in [4.78, 5) is 0.214. The number of likely N-dealkylation sites (N-methyl/N-ethyl adjacent to an activating group) is 1. The van der Waals surface area contributed by atoms with Crippen LogP contribution in [0.25, 0.3) is 0 Å². The third-order valence-electron chi connectivity index (χ3n) is 4.72. The first-order valence-corrected chi connectivity index (χ1v) is 9.83. The number of aromatic nitrogens is 2. The SMILES string of the molecule is CN(C1=C2NC=C(Cl)C2CC=C1)S(=O)(=O)c1cnn(CC2CC2)c1. The summed E-state index contributed by atoms with van der Waals surface area (Å²) >= 11 is 6.19. The highest BCUT2D eigenvalue weighted by atomic mass is 35.5. The summed E-state index contributed by atoms with van der Waals surface area (Å²) < 4.78 is 28.9. The van der Waals surface area contributed by atoms with Crippen LogP contribution >= 0.6 is 11.6 Å². The summed E-state index contributed by atoms with van der Waals surface area (Å²) in [6.45, 7) is 0.788. The third-order valence-corrected chi connectivity index (χ3v) is 6.82. The van der Waals surface area contributed by atoms with Crippen LogP contribution in [0.15, 0.2) is 52.1 Å². The highest BCUT2D eigenvalue weighted by molar-refractivity contribution is 7.89. The monoisotopic (exact) mass is 366 g/mol. The Hall–Kier alpha value is -1.73. The molecule has 0 radical (unpaired) electrons. The van der Waals surface area contributed by atoms with Crippen molar-refractivity contribution in [1.82, 2.24) is 19.4 Å². The van der Waals surface area contributed by atoms with Crippen LogP contribution in [0.4, 0.5) is 0 Å². The zero-order valence-corrected chi connectivity index (χ0v) is 14.9. The van der Waals surface area contributed by atoms with E-state index in [1.807, 2.05) is 12.2 Å². The average Bonchev–Trinajstić information content (AvgIpc) is 3.10. The molecule has 0 amide bonds. The van der Waals surface area contributed by atoms with E-state index >= 15 is 0 Å². The Labute approximate surface area is 146 Å². The van der Waals surface area contributed by atoms with E-state index in [0.717, 1.165) is 18.7 Å². The number of halogens is 1. The lowest BCUT2D eigenvalue weighted by molar-refractivity contribution is 0.517. The molecule has 0 aromatic carbocycles. The second kappa shape index (κ2) is 5.67. The standard InChI is InChI=1S/C16H19ClN4O2S/c1-20(15-4-2-3-13-14(17)8-18-16(13)15)24(22,23)12-7-19-21(10-12)9-11-5-6-11/h2,4,7-8,10-11,13,18H,3,5-6,9H2,1H3. The first-order chi connectivity index (χ1) is 11.5. The molecule has 128 valence electrons. The van der Waals surface area contributed by atoms with Gasteiger partial charge in [-0.15, -0.1) is 0 Å². The van der Waals surface area contributed by atoms with Crippen LogP contribution in [-0.2, 0) is 16.6 Å². The van der Waals surface area contributed by atoms with E-state index in [-0.39, 0.29) is 10.8 Å². The second-order valence-corrected chi connectivity index (χ2v) is 8.88. The molecule has 6 nitrogen and oxygen atoms in total. The van der Waals surface area contributed by atoms with Gasteiger partial charge in [-0.05, 0) is 31.3 Å². The Morgan fingerprint density at radius 1 is 1.46 bits per heavy atom. The van der Waals surface area contributed by atoms with E-state index in [0.29, 0.717) is 16.6 Å². The Bertz CT molecular complexity index is 864. The van der Waals surface area contributed by atoms with Gasteiger partial charge in [0.1, 0.15) is 4.90 Å². The Morgan fingerprint density at radius 2 is 2.25 bits per heavy atom. The van der Waals surface area contributed by atoms with Crippen LogP contribution in [0.5, 0.6) is 0 Å². The van der Waals surface area contributed by atoms with Crippen LogP contribution in [0.2, 0.25) is 0 Å². The van der Waals surface area contributed by atoms with Crippen molar-refractivity contribution in [2.45, 2.75) is 30.7 Å². The number of hydrogen-bond acceptors (Lipinski definition) is 4. The number of nitrogens with zero attached hydrogens (tertiary/aromatic N) is 3. The number of nitrogens with one attached hydrogen (secondary N) is 1. The van der Waals surface area contributed by atoms with E-state index in [1.54, 1.807) is 24.1 Å². The molecule has 1 saturated carbocycles. The zero-order chi connectivity index (χ0) is 16.9. The molecule has 1 aliphatic heterocycles. The minimum absolute atomic E-state index is 0.0157. The third kappa shape index (κ3) is 2.65. The highest BCUT2D eigenvalue weighted by Gasteiger charge is 2.33. The molecule has 3 aliphatic rings. The molecule has 1 unspecified atom stereocenters. The smallest absolute Gasteiger partial charge is 0.267 e. The fraction of sp³-hybridized carbons (Fsp3) is 0.438. The molecule has 1 aromatic rings. The van der Waals surface area contributed by atoms with Crippen molar-refractivity contribution < 1.29 is 8.42 Å². The van der Waals surface area contributed by atoms with E-state index in [4.69, 9.17) is 11.6 Å². The van der Waals surface area contributed by atoms with E-state index < -0.39 is 10.0 Å². The van der Waals surface area contributed by atoms with Crippen molar-refractivity contribution in [2.75, 3.05) is 7.05 Å². The van der Waals surface area contributed by atoms with Crippen molar-refractivity contribution in [1.29, 1.82) is 0 Å². The summed E-state index contributed by atoms with van der Waals surface area (Å²) in [6, 6.07) is 0. The fourth-order valence-corrected chi connectivity index (χ4v) is 4.50. The van der Waals surface area contributed by atoms with Gasteiger partial charge in [-0.3, -0.25) is 8.99 Å². The minimum atomic E-state index is -3.65. The van der Waals surface area contributed by atoms with Gasteiger partial charge >= 0.3 is 0 Å². The number of rotatable bonds is 5. The quantitative estimate of drug-likeness (QED) is 0.868. The van der Waals surface area contributed by atoms with Gasteiger partial charge in [0, 0.05) is 42.6 Å². The normalized spacial score (nSPS) is 23.1. The summed E-state index contributed by atoms with van der Waals surface area (Å²) in [5.41, 5.74) is 1.45. The lowest BCUT2D eigenvalue weighted by Gasteiger charge is -2.26. The molecular formula is C16H19ClN4O2S. The minimum Gasteiger partial charge on any atom is -0.362 e. The molecule has 8 heteroatoms. The molecule has 0 bridgehead atoms. The van der Waals surface area contributed by atoms with Crippen LogP contribution in [0, 0.1) is 11.8 Å². The van der Waals surface area contributed by atoms with Crippen LogP contribution in [0.1, 0.15) is 19.3 Å². The molecular weight excluding hydrogens is 348 g/mol. The van der Waals surface area contributed by atoms with E-state index in [1.165, 1.54) is 23.3 Å². The second-order valence-electron chi connectivity index (χ2n) is 6.48. The molecule has 0 spiro atoms. The summed E-state index contributed by atoms with van der Waals surface area (Å²) in [5, 5.41) is 8.01. The van der Waals surface area contributed by atoms with Crippen molar-refractivity contribution >= 4 is 21.6 Å². The number of allylic oxidation sites excluding steroid dienone is 3.